The van der Waals surface area contributed by atoms with Crippen LogP contribution >= 0.6 is 27.5 Å². The Labute approximate surface area is 116 Å². The van der Waals surface area contributed by atoms with Crippen LogP contribution in [-0.2, 0) is 0 Å². The maximum absolute atomic E-state index is 10.4. The standard InChI is InChI=1S/C14H16BrClO/c15-11-7-8-13(16)12(9-11)14(17)10-5-3-1-2-4-6-10/h5,7-9,14,17H,1-4,6H2. The molecule has 0 heterocycles. The van der Waals surface area contributed by atoms with Crippen LogP contribution in [0.25, 0.3) is 0 Å². The van der Waals surface area contributed by atoms with Gasteiger partial charge in [0.25, 0.3) is 0 Å². The molecule has 0 radical (unpaired) electrons. The number of halogens is 2. The quantitative estimate of drug-likeness (QED) is 0.759. The van der Waals surface area contributed by atoms with Crippen molar-refractivity contribution in [2.45, 2.75) is 38.2 Å². The van der Waals surface area contributed by atoms with Crippen LogP contribution in [0, 0.1) is 0 Å². The highest BCUT2D eigenvalue weighted by Gasteiger charge is 2.17. The average molecular weight is 316 g/mol. The second-order valence-electron chi connectivity index (χ2n) is 4.45. The highest BCUT2D eigenvalue weighted by Crippen LogP contribution is 2.34. The van der Waals surface area contributed by atoms with Crippen LogP contribution in [0.3, 0.4) is 0 Å². The minimum absolute atomic E-state index is 0.557. The molecule has 1 aliphatic rings. The van der Waals surface area contributed by atoms with Crippen LogP contribution in [0.2, 0.25) is 5.02 Å². The largest absolute Gasteiger partial charge is 0.384 e. The van der Waals surface area contributed by atoms with E-state index in [1.807, 2.05) is 18.2 Å². The van der Waals surface area contributed by atoms with Crippen molar-refractivity contribution < 1.29 is 5.11 Å². The molecule has 1 atom stereocenters. The zero-order valence-corrected chi connectivity index (χ0v) is 12.0. The van der Waals surface area contributed by atoms with Crippen molar-refractivity contribution in [2.24, 2.45) is 0 Å². The second kappa shape index (κ2) is 6.03. The lowest BCUT2D eigenvalue weighted by molar-refractivity contribution is 0.210. The number of rotatable bonds is 2. The summed E-state index contributed by atoms with van der Waals surface area (Å²) in [5.41, 5.74) is 1.91. The van der Waals surface area contributed by atoms with Crippen molar-refractivity contribution in [1.82, 2.24) is 0 Å². The monoisotopic (exact) mass is 314 g/mol. The van der Waals surface area contributed by atoms with Gasteiger partial charge in [-0.2, -0.15) is 0 Å². The molecule has 0 aromatic heterocycles. The first-order valence-electron chi connectivity index (χ1n) is 6.00. The van der Waals surface area contributed by atoms with Gasteiger partial charge in [-0.05, 0) is 49.5 Å². The first kappa shape index (κ1) is 13.1. The molecule has 2 rings (SSSR count). The van der Waals surface area contributed by atoms with E-state index < -0.39 is 6.10 Å². The Bertz CT molecular complexity index is 428. The van der Waals surface area contributed by atoms with Gasteiger partial charge in [-0.25, -0.2) is 0 Å². The molecule has 3 heteroatoms. The molecule has 1 unspecified atom stereocenters. The van der Waals surface area contributed by atoms with Crippen molar-refractivity contribution in [3.63, 3.8) is 0 Å². The fourth-order valence-corrected chi connectivity index (χ4v) is 2.81. The molecule has 0 saturated carbocycles. The van der Waals surface area contributed by atoms with Crippen molar-refractivity contribution in [3.8, 4) is 0 Å². The van der Waals surface area contributed by atoms with Gasteiger partial charge in [0, 0.05) is 15.1 Å². The van der Waals surface area contributed by atoms with Crippen molar-refractivity contribution in [3.05, 3.63) is 44.9 Å². The first-order chi connectivity index (χ1) is 8.18. The molecule has 0 saturated heterocycles. The Morgan fingerprint density at radius 3 is 2.88 bits per heavy atom. The lowest BCUT2D eigenvalue weighted by atomic mass is 9.98. The van der Waals surface area contributed by atoms with E-state index in [0.717, 1.165) is 34.9 Å². The topological polar surface area (TPSA) is 20.2 Å². The van der Waals surface area contributed by atoms with Gasteiger partial charge in [-0.15, -0.1) is 0 Å². The van der Waals surface area contributed by atoms with Gasteiger partial charge in [0.2, 0.25) is 0 Å². The van der Waals surface area contributed by atoms with Crippen LogP contribution < -0.4 is 0 Å². The minimum Gasteiger partial charge on any atom is -0.384 e. The molecular formula is C14H16BrClO. The van der Waals surface area contributed by atoms with Gasteiger partial charge < -0.3 is 5.11 Å². The van der Waals surface area contributed by atoms with E-state index in [0.29, 0.717) is 5.02 Å². The fraction of sp³-hybridized carbons (Fsp3) is 0.429. The summed E-state index contributed by atoms with van der Waals surface area (Å²) in [6.07, 6.45) is 7.30. The molecule has 0 fully saturated rings. The summed E-state index contributed by atoms with van der Waals surface area (Å²) in [5, 5.41) is 11.0. The Morgan fingerprint density at radius 2 is 2.06 bits per heavy atom. The van der Waals surface area contributed by atoms with Gasteiger partial charge in [0.05, 0.1) is 0 Å². The number of hydrogen-bond donors (Lipinski definition) is 1. The minimum atomic E-state index is -0.557. The predicted octanol–water partition coefficient (Wildman–Crippen LogP) is 5.03. The molecule has 1 nitrogen and oxygen atoms in total. The third-order valence-corrected chi connectivity index (χ3v) is 4.02. The highest BCUT2D eigenvalue weighted by atomic mass is 79.9. The van der Waals surface area contributed by atoms with Gasteiger partial charge in [0.1, 0.15) is 6.10 Å². The molecular weight excluding hydrogens is 300 g/mol. The number of benzene rings is 1. The summed E-state index contributed by atoms with van der Waals surface area (Å²) in [6.45, 7) is 0. The zero-order valence-electron chi connectivity index (χ0n) is 9.63. The lowest BCUT2D eigenvalue weighted by Gasteiger charge is -2.16. The third-order valence-electron chi connectivity index (χ3n) is 3.18. The molecule has 17 heavy (non-hydrogen) atoms. The Hall–Kier alpha value is -0.310. The van der Waals surface area contributed by atoms with E-state index in [1.165, 1.54) is 12.8 Å². The summed E-state index contributed by atoms with van der Waals surface area (Å²) in [5.74, 6) is 0. The normalized spacial score (nSPS) is 18.4. The molecule has 1 N–H and O–H groups in total. The molecule has 1 aromatic rings. The van der Waals surface area contributed by atoms with Gasteiger partial charge in [-0.3, -0.25) is 0 Å². The van der Waals surface area contributed by atoms with Crippen molar-refractivity contribution in [2.75, 3.05) is 0 Å². The van der Waals surface area contributed by atoms with Gasteiger partial charge in [0.15, 0.2) is 0 Å². The van der Waals surface area contributed by atoms with Crippen LogP contribution in [0.1, 0.15) is 43.8 Å². The molecule has 92 valence electrons. The maximum atomic E-state index is 10.4. The van der Waals surface area contributed by atoms with E-state index >= 15 is 0 Å². The number of hydrogen-bond acceptors (Lipinski definition) is 1. The SMILES string of the molecule is OC(C1=CCCCCC1)c1cc(Br)ccc1Cl. The fourth-order valence-electron chi connectivity index (χ4n) is 2.21. The maximum Gasteiger partial charge on any atom is 0.102 e. The summed E-state index contributed by atoms with van der Waals surface area (Å²) < 4.78 is 0.949. The summed E-state index contributed by atoms with van der Waals surface area (Å²) in [7, 11) is 0. The van der Waals surface area contributed by atoms with Crippen LogP contribution in [0.5, 0.6) is 0 Å². The van der Waals surface area contributed by atoms with Gasteiger partial charge in [-0.1, -0.05) is 40.0 Å². The second-order valence-corrected chi connectivity index (χ2v) is 5.77. The Morgan fingerprint density at radius 1 is 1.24 bits per heavy atom. The Balaban J connectivity index is 2.26. The van der Waals surface area contributed by atoms with E-state index in [9.17, 15) is 5.11 Å². The molecule has 1 aromatic carbocycles. The van der Waals surface area contributed by atoms with Crippen LogP contribution in [0.15, 0.2) is 34.3 Å². The van der Waals surface area contributed by atoms with Crippen LogP contribution in [-0.4, -0.2) is 5.11 Å². The summed E-state index contributed by atoms with van der Waals surface area (Å²) in [4.78, 5) is 0. The highest BCUT2D eigenvalue weighted by molar-refractivity contribution is 9.10. The lowest BCUT2D eigenvalue weighted by Crippen LogP contribution is -2.02. The number of aliphatic hydroxyl groups excluding tert-OH is 1. The van der Waals surface area contributed by atoms with E-state index in [-0.39, 0.29) is 0 Å². The smallest absolute Gasteiger partial charge is 0.102 e. The summed E-state index contributed by atoms with van der Waals surface area (Å²) >= 11 is 9.56. The third kappa shape index (κ3) is 3.34. The molecule has 0 amide bonds. The molecule has 0 bridgehead atoms. The average Bonchev–Trinajstić information content (AvgIpc) is 2.60. The molecule has 0 spiro atoms. The van der Waals surface area contributed by atoms with Crippen LogP contribution in [0.4, 0.5) is 0 Å². The molecule has 0 aliphatic heterocycles. The number of aliphatic hydroxyl groups is 1. The van der Waals surface area contributed by atoms with Gasteiger partial charge >= 0.3 is 0 Å². The van der Waals surface area contributed by atoms with E-state index in [2.05, 4.69) is 22.0 Å². The zero-order chi connectivity index (χ0) is 12.3. The Kier molecular flexibility index (Phi) is 4.66. The molecule has 1 aliphatic carbocycles. The first-order valence-corrected chi connectivity index (χ1v) is 7.17. The van der Waals surface area contributed by atoms with E-state index in [4.69, 9.17) is 11.6 Å². The van der Waals surface area contributed by atoms with Crippen molar-refractivity contribution >= 4 is 27.5 Å². The number of allylic oxidation sites excluding steroid dienone is 1. The summed E-state index contributed by atoms with van der Waals surface area (Å²) in [6, 6.07) is 5.61. The predicted molar refractivity (Wildman–Crippen MR) is 75.3 cm³/mol. The van der Waals surface area contributed by atoms with Crippen molar-refractivity contribution in [1.29, 1.82) is 0 Å². The van der Waals surface area contributed by atoms with E-state index in [1.54, 1.807) is 0 Å².